The Kier molecular flexibility index (Phi) is 3.52. The van der Waals surface area contributed by atoms with Gasteiger partial charge in [-0.15, -0.1) is 0 Å². The molecule has 94 valence electrons. The van der Waals surface area contributed by atoms with Gasteiger partial charge in [-0.1, -0.05) is 12.8 Å². The zero-order valence-corrected chi connectivity index (χ0v) is 10.3. The molecule has 1 aromatic heterocycles. The number of carbonyl (C=O) groups is 1. The van der Waals surface area contributed by atoms with E-state index in [0.717, 1.165) is 31.4 Å². The molecule has 2 rings (SSSR count). The van der Waals surface area contributed by atoms with Gasteiger partial charge in [0.2, 0.25) is 5.91 Å². The molecule has 1 saturated carbocycles. The number of amides is 1. The van der Waals surface area contributed by atoms with E-state index in [2.05, 4.69) is 0 Å². The fraction of sp³-hybridized carbons (Fsp3) is 0.615. The molecule has 1 aromatic rings. The van der Waals surface area contributed by atoms with Gasteiger partial charge in [-0.2, -0.15) is 0 Å². The van der Waals surface area contributed by atoms with Crippen molar-refractivity contribution in [3.63, 3.8) is 0 Å². The van der Waals surface area contributed by atoms with Gasteiger partial charge in [0.25, 0.3) is 0 Å². The fourth-order valence-corrected chi connectivity index (χ4v) is 2.67. The summed E-state index contributed by atoms with van der Waals surface area (Å²) in [6, 6.07) is 3.72. The lowest BCUT2D eigenvalue weighted by Gasteiger charge is -2.30. The molecule has 0 bridgehead atoms. The number of nitrogens with two attached hydrogens (primary N) is 1. The van der Waals surface area contributed by atoms with Crippen molar-refractivity contribution < 1.29 is 9.21 Å². The number of hydrogen-bond acceptors (Lipinski definition) is 3. The molecule has 4 heteroatoms. The third-order valence-electron chi connectivity index (χ3n) is 3.72. The number of rotatable bonds is 4. The lowest BCUT2D eigenvalue weighted by atomic mass is 9.85. The lowest BCUT2D eigenvalue weighted by molar-refractivity contribution is -0.140. The summed E-state index contributed by atoms with van der Waals surface area (Å²) < 4.78 is 5.26. The van der Waals surface area contributed by atoms with Crippen LogP contribution in [0, 0.1) is 5.41 Å². The highest BCUT2D eigenvalue weighted by atomic mass is 16.3. The summed E-state index contributed by atoms with van der Waals surface area (Å²) in [7, 11) is 1.82. The standard InChI is InChI=1S/C13H20N2O2/c1-15(9-11-5-4-8-17-11)12(16)13(10-14)6-2-3-7-13/h4-5,8H,2-3,6-7,9-10,14H2,1H3. The average Bonchev–Trinajstić information content (AvgIpc) is 2.99. The van der Waals surface area contributed by atoms with Crippen LogP contribution in [0.1, 0.15) is 31.4 Å². The van der Waals surface area contributed by atoms with E-state index in [0.29, 0.717) is 13.1 Å². The van der Waals surface area contributed by atoms with Gasteiger partial charge in [-0.3, -0.25) is 4.79 Å². The van der Waals surface area contributed by atoms with Crippen LogP contribution in [-0.2, 0) is 11.3 Å². The molecule has 1 aliphatic rings. The van der Waals surface area contributed by atoms with Crippen LogP contribution >= 0.6 is 0 Å². The van der Waals surface area contributed by atoms with Crippen molar-refractivity contribution >= 4 is 5.91 Å². The molecule has 1 aliphatic carbocycles. The highest BCUT2D eigenvalue weighted by molar-refractivity contribution is 5.83. The van der Waals surface area contributed by atoms with Crippen LogP contribution in [0.15, 0.2) is 22.8 Å². The molecule has 0 unspecified atom stereocenters. The zero-order valence-electron chi connectivity index (χ0n) is 10.3. The van der Waals surface area contributed by atoms with Crippen molar-refractivity contribution in [2.75, 3.05) is 13.6 Å². The van der Waals surface area contributed by atoms with Gasteiger partial charge in [-0.25, -0.2) is 0 Å². The largest absolute Gasteiger partial charge is 0.467 e. The Hall–Kier alpha value is -1.29. The van der Waals surface area contributed by atoms with E-state index in [9.17, 15) is 4.79 Å². The smallest absolute Gasteiger partial charge is 0.230 e. The first-order valence-electron chi connectivity index (χ1n) is 6.16. The quantitative estimate of drug-likeness (QED) is 0.866. The topological polar surface area (TPSA) is 59.5 Å². The van der Waals surface area contributed by atoms with Gasteiger partial charge in [-0.05, 0) is 25.0 Å². The van der Waals surface area contributed by atoms with E-state index < -0.39 is 0 Å². The number of hydrogen-bond donors (Lipinski definition) is 1. The molecule has 0 aromatic carbocycles. The van der Waals surface area contributed by atoms with Gasteiger partial charge in [0.1, 0.15) is 5.76 Å². The summed E-state index contributed by atoms with van der Waals surface area (Å²) in [5.41, 5.74) is 5.49. The first kappa shape index (κ1) is 12.2. The molecule has 0 saturated heterocycles. The molecular weight excluding hydrogens is 216 g/mol. The van der Waals surface area contributed by atoms with Gasteiger partial charge < -0.3 is 15.1 Å². The molecule has 1 fully saturated rings. The molecule has 0 spiro atoms. The van der Waals surface area contributed by atoms with Gasteiger partial charge in [0.05, 0.1) is 18.2 Å². The van der Waals surface area contributed by atoms with Crippen molar-refractivity contribution in [2.45, 2.75) is 32.2 Å². The third kappa shape index (κ3) is 2.36. The molecule has 0 radical (unpaired) electrons. The van der Waals surface area contributed by atoms with Crippen molar-refractivity contribution in [1.82, 2.24) is 4.90 Å². The summed E-state index contributed by atoms with van der Waals surface area (Å²) in [4.78, 5) is 14.2. The van der Waals surface area contributed by atoms with Crippen molar-refractivity contribution in [1.29, 1.82) is 0 Å². The first-order valence-corrected chi connectivity index (χ1v) is 6.16. The van der Waals surface area contributed by atoms with Crippen LogP contribution < -0.4 is 5.73 Å². The maximum absolute atomic E-state index is 12.4. The van der Waals surface area contributed by atoms with E-state index in [1.165, 1.54) is 0 Å². The monoisotopic (exact) mass is 236 g/mol. The summed E-state index contributed by atoms with van der Waals surface area (Å²) in [5, 5.41) is 0. The third-order valence-corrected chi connectivity index (χ3v) is 3.72. The highest BCUT2D eigenvalue weighted by Gasteiger charge is 2.41. The molecular formula is C13H20N2O2. The second-order valence-corrected chi connectivity index (χ2v) is 4.93. The average molecular weight is 236 g/mol. The van der Waals surface area contributed by atoms with E-state index in [1.807, 2.05) is 19.2 Å². The zero-order chi connectivity index (χ0) is 12.3. The minimum absolute atomic E-state index is 0.161. The van der Waals surface area contributed by atoms with Crippen molar-refractivity contribution in [2.24, 2.45) is 11.1 Å². The fourth-order valence-electron chi connectivity index (χ4n) is 2.67. The maximum atomic E-state index is 12.4. The SMILES string of the molecule is CN(Cc1ccco1)C(=O)C1(CN)CCCC1. The second kappa shape index (κ2) is 4.92. The van der Waals surface area contributed by atoms with Gasteiger partial charge in [0.15, 0.2) is 0 Å². The van der Waals surface area contributed by atoms with E-state index in [4.69, 9.17) is 10.2 Å². The molecule has 0 atom stereocenters. The van der Waals surface area contributed by atoms with Gasteiger partial charge >= 0.3 is 0 Å². The second-order valence-electron chi connectivity index (χ2n) is 4.93. The summed E-state index contributed by atoms with van der Waals surface area (Å²) in [6.45, 7) is 0.974. The van der Waals surface area contributed by atoms with Gasteiger partial charge in [0, 0.05) is 13.6 Å². The van der Waals surface area contributed by atoms with Crippen molar-refractivity contribution in [3.05, 3.63) is 24.2 Å². The Morgan fingerprint density at radius 2 is 2.24 bits per heavy atom. The number of nitrogens with zero attached hydrogens (tertiary/aromatic N) is 1. The minimum Gasteiger partial charge on any atom is -0.467 e. The van der Waals surface area contributed by atoms with Crippen LogP contribution in [0.5, 0.6) is 0 Å². The van der Waals surface area contributed by atoms with E-state index in [-0.39, 0.29) is 11.3 Å². The summed E-state index contributed by atoms with van der Waals surface area (Å²) in [5.74, 6) is 0.972. The molecule has 17 heavy (non-hydrogen) atoms. The number of furan rings is 1. The Bertz CT molecular complexity index is 367. The molecule has 2 N–H and O–H groups in total. The maximum Gasteiger partial charge on any atom is 0.230 e. The summed E-state index contributed by atoms with van der Waals surface area (Å²) >= 11 is 0. The van der Waals surface area contributed by atoms with Crippen LogP contribution in [0.3, 0.4) is 0 Å². The predicted molar refractivity (Wildman–Crippen MR) is 65.1 cm³/mol. The summed E-state index contributed by atoms with van der Waals surface area (Å²) in [6.07, 6.45) is 5.69. The molecule has 0 aliphatic heterocycles. The van der Waals surface area contributed by atoms with Crippen LogP contribution in [-0.4, -0.2) is 24.4 Å². The normalized spacial score (nSPS) is 18.2. The number of carbonyl (C=O) groups excluding carboxylic acids is 1. The Morgan fingerprint density at radius 1 is 1.53 bits per heavy atom. The highest BCUT2D eigenvalue weighted by Crippen LogP contribution is 2.38. The molecule has 1 amide bonds. The first-order chi connectivity index (χ1) is 8.18. The molecule has 4 nitrogen and oxygen atoms in total. The van der Waals surface area contributed by atoms with Crippen LogP contribution in [0.4, 0.5) is 0 Å². The van der Waals surface area contributed by atoms with Crippen molar-refractivity contribution in [3.8, 4) is 0 Å². The molecule has 1 heterocycles. The van der Waals surface area contributed by atoms with Crippen LogP contribution in [0.2, 0.25) is 0 Å². The van der Waals surface area contributed by atoms with E-state index in [1.54, 1.807) is 11.2 Å². The predicted octanol–water partition coefficient (Wildman–Crippen LogP) is 1.76. The minimum atomic E-state index is -0.318. The Labute approximate surface area is 102 Å². The van der Waals surface area contributed by atoms with E-state index >= 15 is 0 Å². The Balaban J connectivity index is 2.03. The Morgan fingerprint density at radius 3 is 2.76 bits per heavy atom. The van der Waals surface area contributed by atoms with Crippen LogP contribution in [0.25, 0.3) is 0 Å². The lowest BCUT2D eigenvalue weighted by Crippen LogP contribution is -2.44.